The lowest BCUT2D eigenvalue weighted by molar-refractivity contribution is 1.05. The quantitative estimate of drug-likeness (QED) is 0.829. The Balaban J connectivity index is 2.03. The molecule has 0 unspecified atom stereocenters. The van der Waals surface area contributed by atoms with Crippen LogP contribution in [0.4, 0.5) is 5.82 Å². The topological polar surface area (TPSA) is 74.5 Å². The van der Waals surface area contributed by atoms with Gasteiger partial charge in [0.05, 0.1) is 0 Å². The van der Waals surface area contributed by atoms with Crippen molar-refractivity contribution < 1.29 is 0 Å². The summed E-state index contributed by atoms with van der Waals surface area (Å²) in [7, 11) is 0. The average Bonchev–Trinajstić information content (AvgIpc) is 2.38. The smallest absolute Gasteiger partial charge is 0.234 e. The van der Waals surface area contributed by atoms with Crippen LogP contribution in [0.3, 0.4) is 0 Å². The van der Waals surface area contributed by atoms with Crippen molar-refractivity contribution in [3.63, 3.8) is 0 Å². The number of nitrogens with one attached hydrogen (secondary N) is 1. The third kappa shape index (κ3) is 2.51. The van der Waals surface area contributed by atoms with E-state index in [2.05, 4.69) is 20.3 Å². The molecule has 2 rings (SSSR count). The van der Waals surface area contributed by atoms with Crippen molar-refractivity contribution in [3.05, 3.63) is 48.2 Å². The molecule has 16 heavy (non-hydrogen) atoms. The first kappa shape index (κ1) is 10.1. The lowest BCUT2D eigenvalue weighted by atomic mass is 10.3. The maximum absolute atomic E-state index is 8.63. The lowest BCUT2D eigenvalue weighted by Crippen LogP contribution is -2.02. The molecule has 0 aliphatic rings. The highest BCUT2D eigenvalue weighted by Crippen LogP contribution is 2.04. The highest BCUT2D eigenvalue weighted by Gasteiger charge is 1.97. The molecule has 0 aliphatic carbocycles. The lowest BCUT2D eigenvalue weighted by Gasteiger charge is -2.04. The summed E-state index contributed by atoms with van der Waals surface area (Å²) in [6, 6.07) is 7.45. The first-order valence-electron chi connectivity index (χ1n) is 4.74. The molecule has 5 nitrogen and oxygen atoms in total. The number of nitrogens with zero attached hydrogens (tertiary/aromatic N) is 4. The highest BCUT2D eigenvalue weighted by molar-refractivity contribution is 5.35. The van der Waals surface area contributed by atoms with Gasteiger partial charge in [-0.15, -0.1) is 0 Å². The number of hydrogen-bond acceptors (Lipinski definition) is 5. The first-order chi connectivity index (χ1) is 7.88. The summed E-state index contributed by atoms with van der Waals surface area (Å²) in [5, 5.41) is 11.7. The van der Waals surface area contributed by atoms with Gasteiger partial charge in [0.25, 0.3) is 0 Å². The molecule has 0 aromatic carbocycles. The Hall–Kier alpha value is -2.48. The van der Waals surface area contributed by atoms with E-state index in [0.717, 1.165) is 5.56 Å². The van der Waals surface area contributed by atoms with E-state index in [1.807, 2.05) is 18.2 Å². The SMILES string of the molecule is N#Cc1nccc(NCc2cccnc2)n1. The Morgan fingerprint density at radius 1 is 1.31 bits per heavy atom. The van der Waals surface area contributed by atoms with E-state index in [-0.39, 0.29) is 5.82 Å². The maximum atomic E-state index is 8.63. The third-order valence-electron chi connectivity index (χ3n) is 1.95. The summed E-state index contributed by atoms with van der Waals surface area (Å²) >= 11 is 0. The summed E-state index contributed by atoms with van der Waals surface area (Å²) < 4.78 is 0. The average molecular weight is 211 g/mol. The Morgan fingerprint density at radius 2 is 2.25 bits per heavy atom. The van der Waals surface area contributed by atoms with Gasteiger partial charge in [0.15, 0.2) is 0 Å². The number of pyridine rings is 1. The van der Waals surface area contributed by atoms with Gasteiger partial charge >= 0.3 is 0 Å². The van der Waals surface area contributed by atoms with Crippen molar-refractivity contribution >= 4 is 5.82 Å². The fraction of sp³-hybridized carbons (Fsp3) is 0.0909. The molecular weight excluding hydrogens is 202 g/mol. The Kier molecular flexibility index (Phi) is 3.04. The summed E-state index contributed by atoms with van der Waals surface area (Å²) in [4.78, 5) is 11.8. The van der Waals surface area contributed by atoms with E-state index in [1.54, 1.807) is 24.7 Å². The number of aromatic nitrogens is 3. The zero-order valence-corrected chi connectivity index (χ0v) is 8.46. The normalized spacial score (nSPS) is 9.44. The Bertz CT molecular complexity index is 503. The highest BCUT2D eigenvalue weighted by atomic mass is 15.0. The van der Waals surface area contributed by atoms with Gasteiger partial charge in [0.2, 0.25) is 5.82 Å². The second kappa shape index (κ2) is 4.84. The van der Waals surface area contributed by atoms with Crippen molar-refractivity contribution in [3.8, 4) is 6.07 Å². The maximum Gasteiger partial charge on any atom is 0.234 e. The van der Waals surface area contributed by atoms with Gasteiger partial charge in [-0.05, 0) is 17.7 Å². The molecule has 1 N–H and O–H groups in total. The molecule has 0 saturated heterocycles. The fourth-order valence-electron chi connectivity index (χ4n) is 1.21. The van der Waals surface area contributed by atoms with Crippen LogP contribution in [0, 0.1) is 11.3 Å². The van der Waals surface area contributed by atoms with Gasteiger partial charge in [-0.25, -0.2) is 9.97 Å². The number of anilines is 1. The first-order valence-corrected chi connectivity index (χ1v) is 4.74. The molecular formula is C11H9N5. The molecule has 0 fully saturated rings. The minimum Gasteiger partial charge on any atom is -0.366 e. The molecule has 0 radical (unpaired) electrons. The molecule has 2 heterocycles. The van der Waals surface area contributed by atoms with Crippen LogP contribution in [0.1, 0.15) is 11.4 Å². The van der Waals surface area contributed by atoms with Gasteiger partial charge in [-0.2, -0.15) is 5.26 Å². The monoisotopic (exact) mass is 211 g/mol. The minimum atomic E-state index is 0.163. The molecule has 0 aliphatic heterocycles. The van der Waals surface area contributed by atoms with Crippen molar-refractivity contribution in [2.45, 2.75) is 6.54 Å². The van der Waals surface area contributed by atoms with Gasteiger partial charge in [-0.1, -0.05) is 6.07 Å². The molecule has 0 atom stereocenters. The number of rotatable bonds is 3. The van der Waals surface area contributed by atoms with E-state index in [4.69, 9.17) is 5.26 Å². The van der Waals surface area contributed by atoms with Gasteiger partial charge in [0, 0.05) is 25.1 Å². The van der Waals surface area contributed by atoms with Crippen LogP contribution in [-0.4, -0.2) is 15.0 Å². The van der Waals surface area contributed by atoms with E-state index in [1.165, 1.54) is 0 Å². The third-order valence-corrected chi connectivity index (χ3v) is 1.95. The molecule has 0 spiro atoms. The van der Waals surface area contributed by atoms with Crippen molar-refractivity contribution in [1.29, 1.82) is 5.26 Å². The molecule has 2 aromatic heterocycles. The standard InChI is InChI=1S/C11H9N5/c12-6-11-14-5-3-10(16-11)15-8-9-2-1-4-13-7-9/h1-5,7H,8H2,(H,14,15,16). The van der Waals surface area contributed by atoms with Crippen LogP contribution >= 0.6 is 0 Å². The van der Waals surface area contributed by atoms with Crippen molar-refractivity contribution in [2.24, 2.45) is 0 Å². The van der Waals surface area contributed by atoms with E-state index < -0.39 is 0 Å². The summed E-state index contributed by atoms with van der Waals surface area (Å²) in [5.41, 5.74) is 1.06. The van der Waals surface area contributed by atoms with E-state index in [9.17, 15) is 0 Å². The predicted molar refractivity (Wildman–Crippen MR) is 58.3 cm³/mol. The van der Waals surface area contributed by atoms with Gasteiger partial charge < -0.3 is 5.32 Å². The van der Waals surface area contributed by atoms with Crippen LogP contribution in [0.5, 0.6) is 0 Å². The second-order valence-electron chi connectivity index (χ2n) is 3.09. The summed E-state index contributed by atoms with van der Waals surface area (Å²) in [6.45, 7) is 0.621. The molecule has 2 aromatic rings. The zero-order valence-electron chi connectivity index (χ0n) is 8.46. The van der Waals surface area contributed by atoms with Crippen molar-refractivity contribution in [1.82, 2.24) is 15.0 Å². The molecule has 5 heteroatoms. The largest absolute Gasteiger partial charge is 0.366 e. The van der Waals surface area contributed by atoms with Crippen molar-refractivity contribution in [2.75, 3.05) is 5.32 Å². The predicted octanol–water partition coefficient (Wildman–Crippen LogP) is 1.36. The van der Waals surface area contributed by atoms with E-state index >= 15 is 0 Å². The summed E-state index contributed by atoms with van der Waals surface area (Å²) in [6.07, 6.45) is 5.05. The summed E-state index contributed by atoms with van der Waals surface area (Å²) in [5.74, 6) is 0.798. The molecule has 0 bridgehead atoms. The van der Waals surface area contributed by atoms with Crippen LogP contribution < -0.4 is 5.32 Å². The van der Waals surface area contributed by atoms with Gasteiger partial charge in [-0.3, -0.25) is 4.98 Å². The van der Waals surface area contributed by atoms with Crippen LogP contribution in [-0.2, 0) is 6.54 Å². The van der Waals surface area contributed by atoms with Gasteiger partial charge in [0.1, 0.15) is 11.9 Å². The zero-order chi connectivity index (χ0) is 11.2. The minimum absolute atomic E-state index is 0.163. The molecule has 78 valence electrons. The Morgan fingerprint density at radius 3 is 3.00 bits per heavy atom. The molecule has 0 amide bonds. The second-order valence-corrected chi connectivity index (χ2v) is 3.09. The van der Waals surface area contributed by atoms with Crippen LogP contribution in [0.2, 0.25) is 0 Å². The van der Waals surface area contributed by atoms with E-state index in [0.29, 0.717) is 12.4 Å². The van der Waals surface area contributed by atoms with Crippen LogP contribution in [0.15, 0.2) is 36.8 Å². The van der Waals surface area contributed by atoms with Crippen LogP contribution in [0.25, 0.3) is 0 Å². The fourth-order valence-corrected chi connectivity index (χ4v) is 1.21. The Labute approximate surface area is 92.8 Å². The number of hydrogen-bond donors (Lipinski definition) is 1. The molecule has 0 saturated carbocycles. The number of nitriles is 1.